The van der Waals surface area contributed by atoms with Crippen molar-refractivity contribution in [2.45, 2.75) is 13.3 Å². The van der Waals surface area contributed by atoms with Crippen LogP contribution in [0.1, 0.15) is 22.3 Å². The fourth-order valence-corrected chi connectivity index (χ4v) is 2.25. The third-order valence-electron chi connectivity index (χ3n) is 2.50. The van der Waals surface area contributed by atoms with Gasteiger partial charge in [-0.25, -0.2) is 4.39 Å². The Hall–Kier alpha value is -2.02. The molecule has 0 bridgehead atoms. The van der Waals surface area contributed by atoms with Crippen LogP contribution in [0.5, 0.6) is 0 Å². The van der Waals surface area contributed by atoms with Gasteiger partial charge in [0.2, 0.25) is 5.13 Å². The number of amides is 1. The first-order valence-electron chi connectivity index (χ1n) is 5.75. The van der Waals surface area contributed by atoms with Crippen molar-refractivity contribution in [1.29, 1.82) is 0 Å². The lowest BCUT2D eigenvalue weighted by Crippen LogP contribution is -2.14. The van der Waals surface area contributed by atoms with Crippen LogP contribution in [0.25, 0.3) is 0 Å². The maximum absolute atomic E-state index is 13.5. The number of para-hydroxylation sites is 1. The molecule has 1 heterocycles. The molecule has 0 unspecified atom stereocenters. The summed E-state index contributed by atoms with van der Waals surface area (Å²) in [6.07, 6.45) is 0.759. The summed E-state index contributed by atoms with van der Waals surface area (Å²) in [6.45, 7) is 1.96. The first-order chi connectivity index (χ1) is 9.15. The van der Waals surface area contributed by atoms with Crippen molar-refractivity contribution in [2.75, 3.05) is 17.7 Å². The Bertz CT molecular complexity index is 599. The average molecular weight is 280 g/mol. The van der Waals surface area contributed by atoms with Gasteiger partial charge in [0.05, 0.1) is 11.3 Å². The Labute approximate surface area is 113 Å². The smallest absolute Gasteiger partial charge is 0.259 e. The molecular formula is C12H13FN4OS. The summed E-state index contributed by atoms with van der Waals surface area (Å²) >= 11 is 1.31. The van der Waals surface area contributed by atoms with Crippen LogP contribution < -0.4 is 10.6 Å². The van der Waals surface area contributed by atoms with Crippen molar-refractivity contribution in [3.8, 4) is 0 Å². The molecule has 0 saturated heterocycles. The van der Waals surface area contributed by atoms with E-state index >= 15 is 0 Å². The summed E-state index contributed by atoms with van der Waals surface area (Å²) < 4.78 is 13.5. The Morgan fingerprint density at radius 1 is 1.42 bits per heavy atom. The van der Waals surface area contributed by atoms with Crippen molar-refractivity contribution in [3.63, 3.8) is 0 Å². The van der Waals surface area contributed by atoms with Gasteiger partial charge in [0.25, 0.3) is 5.91 Å². The van der Waals surface area contributed by atoms with Crippen LogP contribution in [-0.4, -0.2) is 23.2 Å². The Balaban J connectivity index is 2.22. The van der Waals surface area contributed by atoms with E-state index < -0.39 is 11.7 Å². The zero-order valence-electron chi connectivity index (χ0n) is 10.5. The second-order valence-corrected chi connectivity index (χ2v) is 4.78. The van der Waals surface area contributed by atoms with Gasteiger partial charge in [-0.15, -0.1) is 10.2 Å². The predicted molar refractivity (Wildman–Crippen MR) is 73.2 cm³/mol. The topological polar surface area (TPSA) is 66.9 Å². The normalized spacial score (nSPS) is 10.3. The maximum atomic E-state index is 13.5. The first kappa shape index (κ1) is 13.4. The Morgan fingerprint density at radius 2 is 2.21 bits per heavy atom. The third kappa shape index (κ3) is 2.87. The van der Waals surface area contributed by atoms with Gasteiger partial charge in [-0.3, -0.25) is 10.1 Å². The summed E-state index contributed by atoms with van der Waals surface area (Å²) in [7, 11) is 1.56. The standard InChI is InChI=1S/C12H13FN4OS/c1-3-9-16-17-12(19-9)15-11(18)7-5-4-6-8(13)10(7)14-2/h4-6,14H,3H2,1-2H3,(H,15,17,18). The second kappa shape index (κ2) is 5.75. The molecule has 1 amide bonds. The van der Waals surface area contributed by atoms with Crippen molar-refractivity contribution in [3.05, 3.63) is 34.6 Å². The molecule has 0 atom stereocenters. The summed E-state index contributed by atoms with van der Waals surface area (Å²) in [5.41, 5.74) is 0.399. The average Bonchev–Trinajstić information content (AvgIpc) is 2.86. The van der Waals surface area contributed by atoms with Gasteiger partial charge in [-0.05, 0) is 18.6 Å². The number of hydrogen-bond donors (Lipinski definition) is 2. The molecule has 0 fully saturated rings. The van der Waals surface area contributed by atoms with Crippen LogP contribution in [0.3, 0.4) is 0 Å². The number of rotatable bonds is 4. The number of carbonyl (C=O) groups is 1. The number of carbonyl (C=O) groups excluding carboxylic acids is 1. The predicted octanol–water partition coefficient (Wildman–Crippen LogP) is 2.53. The molecule has 1 aromatic carbocycles. The van der Waals surface area contributed by atoms with Gasteiger partial charge < -0.3 is 5.32 Å². The molecule has 0 saturated carbocycles. The lowest BCUT2D eigenvalue weighted by molar-refractivity contribution is 0.102. The SMILES string of the molecule is CCc1nnc(NC(=O)c2cccc(F)c2NC)s1. The lowest BCUT2D eigenvalue weighted by Gasteiger charge is -2.08. The molecule has 5 nitrogen and oxygen atoms in total. The molecule has 0 aliphatic rings. The molecule has 0 aliphatic heterocycles. The number of aromatic nitrogens is 2. The van der Waals surface area contributed by atoms with E-state index in [2.05, 4.69) is 20.8 Å². The number of aryl methyl sites for hydroxylation is 1. The van der Waals surface area contributed by atoms with E-state index in [1.807, 2.05) is 6.92 Å². The number of nitrogens with one attached hydrogen (secondary N) is 2. The number of nitrogens with zero attached hydrogens (tertiary/aromatic N) is 2. The number of benzene rings is 1. The fraction of sp³-hybridized carbons (Fsp3) is 0.250. The van der Waals surface area contributed by atoms with Crippen molar-refractivity contribution in [1.82, 2.24) is 10.2 Å². The first-order valence-corrected chi connectivity index (χ1v) is 6.57. The number of halogens is 1. The molecule has 0 spiro atoms. The molecule has 0 aliphatic carbocycles. The van der Waals surface area contributed by atoms with E-state index in [-0.39, 0.29) is 11.3 Å². The van der Waals surface area contributed by atoms with Crippen LogP contribution in [0.4, 0.5) is 15.2 Å². The molecule has 7 heteroatoms. The summed E-state index contributed by atoms with van der Waals surface area (Å²) in [5.74, 6) is -0.885. The highest BCUT2D eigenvalue weighted by Crippen LogP contribution is 2.22. The highest BCUT2D eigenvalue weighted by molar-refractivity contribution is 7.15. The van der Waals surface area contributed by atoms with Crippen LogP contribution in [0, 0.1) is 5.82 Å². The molecule has 1 aromatic heterocycles. The highest BCUT2D eigenvalue weighted by Gasteiger charge is 2.15. The number of anilines is 2. The minimum atomic E-state index is -0.471. The van der Waals surface area contributed by atoms with Crippen LogP contribution in [-0.2, 0) is 6.42 Å². The largest absolute Gasteiger partial charge is 0.385 e. The highest BCUT2D eigenvalue weighted by atomic mass is 32.1. The molecular weight excluding hydrogens is 267 g/mol. The molecule has 19 heavy (non-hydrogen) atoms. The van der Waals surface area contributed by atoms with E-state index in [9.17, 15) is 9.18 Å². The Morgan fingerprint density at radius 3 is 2.84 bits per heavy atom. The van der Waals surface area contributed by atoms with Crippen molar-refractivity contribution >= 4 is 28.1 Å². The van der Waals surface area contributed by atoms with E-state index in [0.717, 1.165) is 11.4 Å². The molecule has 0 radical (unpaired) electrons. The molecule has 2 aromatic rings. The van der Waals surface area contributed by atoms with Gasteiger partial charge in [-0.1, -0.05) is 24.3 Å². The van der Waals surface area contributed by atoms with E-state index in [1.54, 1.807) is 13.1 Å². The van der Waals surface area contributed by atoms with E-state index in [1.165, 1.54) is 23.5 Å². The zero-order valence-corrected chi connectivity index (χ0v) is 11.3. The number of hydrogen-bond acceptors (Lipinski definition) is 5. The summed E-state index contributed by atoms with van der Waals surface area (Å²) in [4.78, 5) is 12.1. The van der Waals surface area contributed by atoms with E-state index in [4.69, 9.17) is 0 Å². The van der Waals surface area contributed by atoms with E-state index in [0.29, 0.717) is 5.13 Å². The van der Waals surface area contributed by atoms with Gasteiger partial charge in [0.15, 0.2) is 0 Å². The zero-order chi connectivity index (χ0) is 13.8. The quantitative estimate of drug-likeness (QED) is 0.903. The maximum Gasteiger partial charge on any atom is 0.259 e. The van der Waals surface area contributed by atoms with Crippen LogP contribution in [0.15, 0.2) is 18.2 Å². The van der Waals surface area contributed by atoms with Gasteiger partial charge in [0, 0.05) is 7.05 Å². The van der Waals surface area contributed by atoms with Crippen LogP contribution in [0.2, 0.25) is 0 Å². The van der Waals surface area contributed by atoms with Gasteiger partial charge in [0.1, 0.15) is 10.8 Å². The Kier molecular flexibility index (Phi) is 4.06. The lowest BCUT2D eigenvalue weighted by atomic mass is 10.1. The fourth-order valence-electron chi connectivity index (χ4n) is 1.58. The van der Waals surface area contributed by atoms with Crippen molar-refractivity contribution in [2.24, 2.45) is 0 Å². The van der Waals surface area contributed by atoms with Gasteiger partial charge in [-0.2, -0.15) is 0 Å². The third-order valence-corrected chi connectivity index (χ3v) is 3.48. The minimum absolute atomic E-state index is 0.167. The van der Waals surface area contributed by atoms with Crippen molar-refractivity contribution < 1.29 is 9.18 Å². The minimum Gasteiger partial charge on any atom is -0.385 e. The van der Waals surface area contributed by atoms with Crippen LogP contribution >= 0.6 is 11.3 Å². The monoisotopic (exact) mass is 280 g/mol. The molecule has 2 N–H and O–H groups in total. The summed E-state index contributed by atoms with van der Waals surface area (Å²) in [6, 6.07) is 4.33. The molecule has 2 rings (SSSR count). The summed E-state index contributed by atoms with van der Waals surface area (Å²) in [5, 5.41) is 14.3. The van der Waals surface area contributed by atoms with Gasteiger partial charge >= 0.3 is 0 Å². The molecule has 100 valence electrons. The second-order valence-electron chi connectivity index (χ2n) is 3.72.